The monoisotopic (exact) mass is 275 g/mol. The van der Waals surface area contributed by atoms with E-state index >= 15 is 0 Å². The van der Waals surface area contributed by atoms with Crippen LogP contribution in [0.2, 0.25) is 0 Å². The maximum Gasteiger partial charge on any atom is 0.416 e. The summed E-state index contributed by atoms with van der Waals surface area (Å²) in [6, 6.07) is 4.53. The summed E-state index contributed by atoms with van der Waals surface area (Å²) in [5, 5.41) is 8.98. The quantitative estimate of drug-likeness (QED) is 0.888. The van der Waals surface area contributed by atoms with Crippen molar-refractivity contribution in [2.75, 3.05) is 24.7 Å². The minimum atomic E-state index is -4.46. The van der Waals surface area contributed by atoms with Gasteiger partial charge in [0.15, 0.2) is 0 Å². The van der Waals surface area contributed by atoms with Gasteiger partial charge in [0.2, 0.25) is 0 Å². The van der Waals surface area contributed by atoms with Crippen LogP contribution in [0.1, 0.15) is 5.56 Å². The van der Waals surface area contributed by atoms with Gasteiger partial charge in [-0.2, -0.15) is 13.2 Å². The Morgan fingerprint density at radius 1 is 1.42 bits per heavy atom. The van der Waals surface area contributed by atoms with E-state index in [9.17, 15) is 18.0 Å². The number of carbonyl (C=O) groups excluding carboxylic acids is 1. The van der Waals surface area contributed by atoms with Crippen LogP contribution >= 0.6 is 0 Å². The first-order valence-electron chi connectivity index (χ1n) is 5.62. The second-order valence-corrected chi connectivity index (χ2v) is 4.17. The summed E-state index contributed by atoms with van der Waals surface area (Å²) in [5.41, 5.74) is -0.661. The Labute approximate surface area is 107 Å². The molecule has 104 valence electrons. The van der Waals surface area contributed by atoms with Crippen molar-refractivity contribution in [2.24, 2.45) is 0 Å². The van der Waals surface area contributed by atoms with Crippen LogP contribution in [0, 0.1) is 0 Å². The summed E-state index contributed by atoms with van der Waals surface area (Å²) in [6.07, 6.45) is -5.03. The molecule has 0 aromatic heterocycles. The number of halogens is 3. The van der Waals surface area contributed by atoms with E-state index in [0.717, 1.165) is 12.1 Å². The fourth-order valence-corrected chi connectivity index (χ4v) is 1.84. The Balaban J connectivity index is 2.27. The molecule has 1 unspecified atom stereocenters. The number of hydrogen-bond acceptors (Lipinski definition) is 3. The number of morpholine rings is 1. The molecule has 1 aliphatic rings. The van der Waals surface area contributed by atoms with Gasteiger partial charge in [0.1, 0.15) is 6.61 Å². The third-order valence-corrected chi connectivity index (χ3v) is 2.82. The maximum atomic E-state index is 12.6. The first-order valence-corrected chi connectivity index (χ1v) is 5.62. The summed E-state index contributed by atoms with van der Waals surface area (Å²) < 4.78 is 42.8. The maximum absolute atomic E-state index is 12.6. The van der Waals surface area contributed by atoms with Crippen LogP contribution in [-0.4, -0.2) is 36.9 Å². The number of hydrogen-bond donors (Lipinski definition) is 1. The van der Waals surface area contributed by atoms with E-state index in [1.165, 1.54) is 17.0 Å². The number of ether oxygens (including phenoxy) is 1. The van der Waals surface area contributed by atoms with Crippen molar-refractivity contribution in [2.45, 2.75) is 12.3 Å². The number of aliphatic hydroxyl groups excluding tert-OH is 1. The Bertz CT molecular complexity index is 476. The first-order chi connectivity index (χ1) is 8.91. The standard InChI is InChI=1S/C12H12F3NO3/c13-12(14,15)8-2-1-3-9(4-8)16-5-10(6-17)19-7-11(16)18/h1-4,10,17H,5-7H2. The van der Waals surface area contributed by atoms with Crippen LogP contribution in [0.4, 0.5) is 18.9 Å². The zero-order valence-electron chi connectivity index (χ0n) is 9.85. The highest BCUT2D eigenvalue weighted by atomic mass is 19.4. The Kier molecular flexibility index (Phi) is 3.77. The summed E-state index contributed by atoms with van der Waals surface area (Å²) in [6.45, 7) is -0.499. The van der Waals surface area contributed by atoms with Crippen molar-refractivity contribution < 1.29 is 27.8 Å². The van der Waals surface area contributed by atoms with Crippen molar-refractivity contribution in [3.05, 3.63) is 29.8 Å². The van der Waals surface area contributed by atoms with Gasteiger partial charge >= 0.3 is 6.18 Å². The highest BCUT2D eigenvalue weighted by molar-refractivity contribution is 5.95. The molecule has 1 aromatic carbocycles. The van der Waals surface area contributed by atoms with Crippen molar-refractivity contribution in [1.29, 1.82) is 0 Å². The molecular weight excluding hydrogens is 263 g/mol. The minimum Gasteiger partial charge on any atom is -0.394 e. The molecule has 0 saturated carbocycles. The molecule has 1 N–H and O–H groups in total. The number of nitrogens with zero attached hydrogens (tertiary/aromatic N) is 1. The average Bonchev–Trinajstić information content (AvgIpc) is 2.38. The van der Waals surface area contributed by atoms with Crippen molar-refractivity contribution in [3.63, 3.8) is 0 Å². The molecule has 0 bridgehead atoms. The third kappa shape index (κ3) is 3.05. The molecule has 1 heterocycles. The van der Waals surface area contributed by atoms with Gasteiger partial charge in [-0.1, -0.05) is 6.07 Å². The summed E-state index contributed by atoms with van der Waals surface area (Å²) in [5.74, 6) is -0.427. The Hall–Kier alpha value is -1.60. The Morgan fingerprint density at radius 3 is 2.79 bits per heavy atom. The number of alkyl halides is 3. The van der Waals surface area contributed by atoms with Gasteiger partial charge in [-0.15, -0.1) is 0 Å². The van der Waals surface area contributed by atoms with Crippen LogP contribution in [0.25, 0.3) is 0 Å². The van der Waals surface area contributed by atoms with E-state index < -0.39 is 23.8 Å². The van der Waals surface area contributed by atoms with Crippen LogP contribution in [-0.2, 0) is 15.7 Å². The van der Waals surface area contributed by atoms with E-state index in [1.807, 2.05) is 0 Å². The molecule has 1 aromatic rings. The molecule has 1 fully saturated rings. The number of anilines is 1. The molecule has 4 nitrogen and oxygen atoms in total. The second-order valence-electron chi connectivity index (χ2n) is 4.17. The number of rotatable bonds is 2. The van der Waals surface area contributed by atoms with Gasteiger partial charge in [-0.3, -0.25) is 4.79 Å². The topological polar surface area (TPSA) is 49.8 Å². The molecule has 0 spiro atoms. The van der Waals surface area contributed by atoms with E-state index in [-0.39, 0.29) is 25.4 Å². The van der Waals surface area contributed by atoms with E-state index in [4.69, 9.17) is 9.84 Å². The number of benzene rings is 1. The molecule has 19 heavy (non-hydrogen) atoms. The third-order valence-electron chi connectivity index (χ3n) is 2.82. The number of aliphatic hydroxyl groups is 1. The van der Waals surface area contributed by atoms with Gasteiger partial charge in [0.05, 0.1) is 24.8 Å². The molecule has 0 aliphatic carbocycles. The van der Waals surface area contributed by atoms with Gasteiger partial charge < -0.3 is 14.7 Å². The van der Waals surface area contributed by atoms with Crippen molar-refractivity contribution in [1.82, 2.24) is 0 Å². The summed E-state index contributed by atoms with van der Waals surface area (Å²) in [7, 11) is 0. The van der Waals surface area contributed by atoms with Crippen LogP contribution in [0.15, 0.2) is 24.3 Å². The fraction of sp³-hybridized carbons (Fsp3) is 0.417. The van der Waals surface area contributed by atoms with Crippen molar-refractivity contribution >= 4 is 11.6 Å². The van der Waals surface area contributed by atoms with Crippen LogP contribution in [0.5, 0.6) is 0 Å². The summed E-state index contributed by atoms with van der Waals surface area (Å²) >= 11 is 0. The van der Waals surface area contributed by atoms with Gasteiger partial charge in [0.25, 0.3) is 5.91 Å². The van der Waals surface area contributed by atoms with E-state index in [0.29, 0.717) is 0 Å². The molecule has 1 aliphatic heterocycles. The van der Waals surface area contributed by atoms with Crippen LogP contribution < -0.4 is 4.90 Å². The van der Waals surface area contributed by atoms with Gasteiger partial charge in [-0.05, 0) is 18.2 Å². The normalized spacial score (nSPS) is 20.7. The SMILES string of the molecule is O=C1COC(CO)CN1c1cccc(C(F)(F)F)c1. The molecule has 1 atom stereocenters. The van der Waals surface area contributed by atoms with E-state index in [1.54, 1.807) is 0 Å². The molecule has 1 saturated heterocycles. The smallest absolute Gasteiger partial charge is 0.394 e. The molecular formula is C12H12F3NO3. The largest absolute Gasteiger partial charge is 0.416 e. The molecule has 0 radical (unpaired) electrons. The van der Waals surface area contributed by atoms with Gasteiger partial charge in [0, 0.05) is 5.69 Å². The predicted molar refractivity (Wildman–Crippen MR) is 60.6 cm³/mol. The average molecular weight is 275 g/mol. The Morgan fingerprint density at radius 2 is 2.16 bits per heavy atom. The second kappa shape index (κ2) is 5.18. The highest BCUT2D eigenvalue weighted by Crippen LogP contribution is 2.32. The fourth-order valence-electron chi connectivity index (χ4n) is 1.84. The lowest BCUT2D eigenvalue weighted by molar-refractivity contribution is -0.137. The molecule has 2 rings (SSSR count). The lowest BCUT2D eigenvalue weighted by atomic mass is 10.1. The summed E-state index contributed by atoms with van der Waals surface area (Å²) in [4.78, 5) is 12.8. The zero-order valence-corrected chi connectivity index (χ0v) is 9.85. The van der Waals surface area contributed by atoms with Gasteiger partial charge in [-0.25, -0.2) is 0 Å². The number of carbonyl (C=O) groups is 1. The molecule has 1 amide bonds. The lowest BCUT2D eigenvalue weighted by Gasteiger charge is -2.32. The lowest BCUT2D eigenvalue weighted by Crippen LogP contribution is -2.48. The van der Waals surface area contributed by atoms with Crippen LogP contribution in [0.3, 0.4) is 0 Å². The minimum absolute atomic E-state index is 0.0383. The van der Waals surface area contributed by atoms with E-state index in [2.05, 4.69) is 0 Å². The zero-order chi connectivity index (χ0) is 14.0. The predicted octanol–water partition coefficient (Wildman–Crippen LogP) is 1.43. The number of amides is 1. The highest BCUT2D eigenvalue weighted by Gasteiger charge is 2.32. The molecule has 7 heteroatoms. The first kappa shape index (κ1) is 13.8. The van der Waals surface area contributed by atoms with Crippen molar-refractivity contribution in [3.8, 4) is 0 Å².